The van der Waals surface area contributed by atoms with Crippen LogP contribution in [0.3, 0.4) is 0 Å². The molecule has 1 aliphatic rings. The second kappa shape index (κ2) is 6.42. The number of likely N-dealkylation sites (tertiary alicyclic amines) is 1. The Morgan fingerprint density at radius 2 is 2.00 bits per heavy atom. The molecule has 3 N–H and O–H groups in total. The van der Waals surface area contributed by atoms with Gasteiger partial charge in [0.1, 0.15) is 0 Å². The highest BCUT2D eigenvalue weighted by molar-refractivity contribution is 5.96. The van der Waals surface area contributed by atoms with Gasteiger partial charge in [-0.25, -0.2) is 0 Å². The van der Waals surface area contributed by atoms with E-state index in [9.17, 15) is 19.7 Å². The van der Waals surface area contributed by atoms with Crippen molar-refractivity contribution in [2.45, 2.75) is 19.8 Å². The molecule has 0 aliphatic carbocycles. The number of carbonyl (C=O) groups excluding carboxylic acids is 2. The third-order valence-electron chi connectivity index (χ3n) is 3.82. The number of rotatable bonds is 3. The largest absolute Gasteiger partial charge is 0.397 e. The van der Waals surface area contributed by atoms with Gasteiger partial charge in [-0.2, -0.15) is 0 Å². The van der Waals surface area contributed by atoms with Gasteiger partial charge in [-0.3, -0.25) is 19.7 Å². The fraction of sp³-hybridized carbons (Fsp3) is 0.429. The van der Waals surface area contributed by atoms with Crippen LogP contribution in [0.4, 0.5) is 17.1 Å². The Morgan fingerprint density at radius 1 is 1.36 bits per heavy atom. The average Bonchev–Trinajstić information content (AvgIpc) is 2.49. The number of amides is 2. The summed E-state index contributed by atoms with van der Waals surface area (Å²) in [5.41, 5.74) is 6.13. The van der Waals surface area contributed by atoms with Gasteiger partial charge in [-0.15, -0.1) is 0 Å². The van der Waals surface area contributed by atoms with E-state index in [1.165, 1.54) is 25.1 Å². The van der Waals surface area contributed by atoms with Gasteiger partial charge in [-0.1, -0.05) is 0 Å². The van der Waals surface area contributed by atoms with Crippen LogP contribution in [0, 0.1) is 16.0 Å². The lowest BCUT2D eigenvalue weighted by molar-refractivity contribution is -0.384. The molecule has 1 fully saturated rings. The summed E-state index contributed by atoms with van der Waals surface area (Å²) >= 11 is 0. The van der Waals surface area contributed by atoms with Crippen LogP contribution in [-0.2, 0) is 9.59 Å². The molecular weight excluding hydrogens is 288 g/mol. The number of hydrogen-bond acceptors (Lipinski definition) is 5. The minimum absolute atomic E-state index is 0.00165. The van der Waals surface area contributed by atoms with E-state index in [-0.39, 0.29) is 34.8 Å². The first-order chi connectivity index (χ1) is 10.4. The molecule has 0 atom stereocenters. The van der Waals surface area contributed by atoms with Crippen LogP contribution in [0.25, 0.3) is 0 Å². The zero-order valence-corrected chi connectivity index (χ0v) is 12.2. The van der Waals surface area contributed by atoms with Crippen molar-refractivity contribution in [2.24, 2.45) is 5.92 Å². The first-order valence-corrected chi connectivity index (χ1v) is 6.98. The normalized spacial score (nSPS) is 15.4. The van der Waals surface area contributed by atoms with Crippen molar-refractivity contribution in [1.29, 1.82) is 0 Å². The lowest BCUT2D eigenvalue weighted by atomic mass is 9.95. The minimum atomic E-state index is -0.541. The van der Waals surface area contributed by atoms with Crippen LogP contribution < -0.4 is 11.1 Å². The summed E-state index contributed by atoms with van der Waals surface area (Å²) in [6.45, 7) is 2.58. The first kappa shape index (κ1) is 15.7. The van der Waals surface area contributed by atoms with Crippen molar-refractivity contribution < 1.29 is 14.5 Å². The number of nitrogen functional groups attached to an aromatic ring is 1. The number of carbonyl (C=O) groups is 2. The third-order valence-corrected chi connectivity index (χ3v) is 3.82. The zero-order valence-electron chi connectivity index (χ0n) is 12.2. The van der Waals surface area contributed by atoms with E-state index < -0.39 is 4.92 Å². The predicted octanol–water partition coefficient (Wildman–Crippen LogP) is 1.37. The smallest absolute Gasteiger partial charge is 0.271 e. The Bertz CT molecular complexity index is 609. The van der Waals surface area contributed by atoms with E-state index >= 15 is 0 Å². The van der Waals surface area contributed by atoms with E-state index in [1.54, 1.807) is 4.90 Å². The summed E-state index contributed by atoms with van der Waals surface area (Å²) in [6.07, 6.45) is 1.14. The highest BCUT2D eigenvalue weighted by Crippen LogP contribution is 2.26. The Hall–Kier alpha value is -2.64. The highest BCUT2D eigenvalue weighted by Gasteiger charge is 2.26. The van der Waals surface area contributed by atoms with Crippen LogP contribution >= 0.6 is 0 Å². The number of benzene rings is 1. The van der Waals surface area contributed by atoms with Gasteiger partial charge in [-0.05, 0) is 18.9 Å². The van der Waals surface area contributed by atoms with Crippen LogP contribution in [0.2, 0.25) is 0 Å². The Labute approximate surface area is 127 Å². The summed E-state index contributed by atoms with van der Waals surface area (Å²) in [5, 5.41) is 13.4. The van der Waals surface area contributed by atoms with Gasteiger partial charge < -0.3 is 16.0 Å². The molecule has 1 aromatic carbocycles. The standard InChI is InChI=1S/C14H18N4O4/c1-9(19)17-6-4-10(5-7-17)14(20)16-13-8-11(18(21)22)2-3-12(13)15/h2-3,8,10H,4-7,15H2,1H3,(H,16,20). The molecule has 2 amide bonds. The van der Waals surface area contributed by atoms with E-state index in [0.717, 1.165) is 0 Å². The number of nitrogens with one attached hydrogen (secondary N) is 1. The average molecular weight is 306 g/mol. The quantitative estimate of drug-likeness (QED) is 0.496. The van der Waals surface area contributed by atoms with Gasteiger partial charge in [0.25, 0.3) is 5.69 Å². The van der Waals surface area contributed by atoms with Crippen LogP contribution in [0.5, 0.6) is 0 Å². The summed E-state index contributed by atoms with van der Waals surface area (Å²) < 4.78 is 0. The molecule has 0 unspecified atom stereocenters. The molecule has 22 heavy (non-hydrogen) atoms. The molecule has 1 aromatic rings. The van der Waals surface area contributed by atoms with Crippen molar-refractivity contribution in [3.05, 3.63) is 28.3 Å². The molecule has 0 radical (unpaired) electrons. The number of nitro benzene ring substituents is 1. The summed E-state index contributed by atoms with van der Waals surface area (Å²) in [7, 11) is 0. The number of nitro groups is 1. The Balaban J connectivity index is 2.02. The van der Waals surface area contributed by atoms with Crippen molar-refractivity contribution >= 4 is 28.9 Å². The maximum atomic E-state index is 12.2. The number of nitrogens with zero attached hydrogens (tertiary/aromatic N) is 2. The fourth-order valence-corrected chi connectivity index (χ4v) is 2.46. The number of non-ortho nitro benzene ring substituents is 1. The monoisotopic (exact) mass is 306 g/mol. The highest BCUT2D eigenvalue weighted by atomic mass is 16.6. The molecule has 1 heterocycles. The van der Waals surface area contributed by atoms with Gasteiger partial charge in [0.05, 0.1) is 16.3 Å². The number of hydrogen-bond donors (Lipinski definition) is 2. The number of anilines is 2. The van der Waals surface area contributed by atoms with Gasteiger partial charge in [0.2, 0.25) is 11.8 Å². The first-order valence-electron chi connectivity index (χ1n) is 6.98. The molecule has 1 saturated heterocycles. The Kier molecular flexibility index (Phi) is 4.59. The zero-order chi connectivity index (χ0) is 16.3. The second-order valence-electron chi connectivity index (χ2n) is 5.30. The van der Waals surface area contributed by atoms with Crippen LogP contribution in [0.1, 0.15) is 19.8 Å². The summed E-state index contributed by atoms with van der Waals surface area (Å²) in [6, 6.07) is 3.93. The molecule has 0 aromatic heterocycles. The number of piperidine rings is 1. The van der Waals surface area contributed by atoms with E-state index in [1.807, 2.05) is 0 Å². The predicted molar refractivity (Wildman–Crippen MR) is 81.1 cm³/mol. The van der Waals surface area contributed by atoms with Crippen LogP contribution in [-0.4, -0.2) is 34.7 Å². The van der Waals surface area contributed by atoms with Crippen molar-refractivity contribution in [2.75, 3.05) is 24.1 Å². The van der Waals surface area contributed by atoms with Gasteiger partial charge in [0.15, 0.2) is 0 Å². The minimum Gasteiger partial charge on any atom is -0.397 e. The fourth-order valence-electron chi connectivity index (χ4n) is 2.46. The van der Waals surface area contributed by atoms with Crippen molar-refractivity contribution in [3.8, 4) is 0 Å². The molecule has 0 saturated carbocycles. The summed E-state index contributed by atoms with van der Waals surface area (Å²) in [4.78, 5) is 35.4. The molecule has 118 valence electrons. The van der Waals surface area contributed by atoms with Crippen molar-refractivity contribution in [3.63, 3.8) is 0 Å². The molecule has 0 bridgehead atoms. The molecule has 2 rings (SSSR count). The van der Waals surface area contributed by atoms with Crippen LogP contribution in [0.15, 0.2) is 18.2 Å². The maximum Gasteiger partial charge on any atom is 0.271 e. The molecule has 8 heteroatoms. The van der Waals surface area contributed by atoms with E-state index in [4.69, 9.17) is 5.73 Å². The molecule has 8 nitrogen and oxygen atoms in total. The molecule has 0 spiro atoms. The third kappa shape index (κ3) is 3.51. The lowest BCUT2D eigenvalue weighted by Crippen LogP contribution is -2.40. The molecule has 1 aliphatic heterocycles. The van der Waals surface area contributed by atoms with E-state index in [0.29, 0.717) is 25.9 Å². The Morgan fingerprint density at radius 3 is 2.55 bits per heavy atom. The topological polar surface area (TPSA) is 119 Å². The SMILES string of the molecule is CC(=O)N1CCC(C(=O)Nc2cc([N+](=O)[O-])ccc2N)CC1. The number of nitrogens with two attached hydrogens (primary N) is 1. The maximum absolute atomic E-state index is 12.2. The summed E-state index contributed by atoms with van der Waals surface area (Å²) in [5.74, 6) is -0.452. The second-order valence-corrected chi connectivity index (χ2v) is 5.30. The van der Waals surface area contributed by atoms with Crippen molar-refractivity contribution in [1.82, 2.24) is 4.90 Å². The molecular formula is C14H18N4O4. The van der Waals surface area contributed by atoms with Gasteiger partial charge in [0, 0.05) is 38.1 Å². The van der Waals surface area contributed by atoms with E-state index in [2.05, 4.69) is 5.32 Å². The lowest BCUT2D eigenvalue weighted by Gasteiger charge is -2.30. The van der Waals surface area contributed by atoms with Gasteiger partial charge >= 0.3 is 0 Å².